The van der Waals surface area contributed by atoms with Crippen molar-refractivity contribution in [3.8, 4) is 0 Å². The number of aliphatic hydroxyl groups excluding tert-OH is 3. The molecule has 7 nitrogen and oxygen atoms in total. The Bertz CT molecular complexity index is 1230. The molecule has 8 fully saturated rings. The fraction of sp³-hybridized carbons (Fsp3) is 1.00. The van der Waals surface area contributed by atoms with Crippen LogP contribution in [0.15, 0.2) is 0 Å². The molecule has 8 aliphatic rings. The molecule has 4 N–H and O–H groups in total. The van der Waals surface area contributed by atoms with Crippen LogP contribution in [0.1, 0.15) is 132 Å². The molecule has 0 aromatic heterocycles. The monoisotopic (exact) mass is 672 g/mol. The summed E-state index contributed by atoms with van der Waals surface area (Å²) in [6, 6.07) is 0. The van der Waals surface area contributed by atoms with Crippen molar-refractivity contribution in [3.05, 3.63) is 0 Å². The van der Waals surface area contributed by atoms with E-state index in [-0.39, 0.29) is 65.2 Å². The summed E-state index contributed by atoms with van der Waals surface area (Å²) in [4.78, 5) is 0. The SMILES string of the molecule is C[C@@H]1CC[C@H]2[C@@H](C)C(O[C@@H]3CC[C@@]4(C)[C@@H](C3)C[C@@H](O)[C@H]3C5CC[C@H]([C@H](C)CCCO)[C@@]5(C)[C@@H](O)C[C@@H]34)O[C@@]34O[C@](C)(O)CCC1[C@@]23[C@H]4C. The Labute approximate surface area is 290 Å². The van der Waals surface area contributed by atoms with E-state index < -0.39 is 11.6 Å². The van der Waals surface area contributed by atoms with E-state index >= 15 is 0 Å². The lowest BCUT2D eigenvalue weighted by Crippen LogP contribution is -2.62. The van der Waals surface area contributed by atoms with Gasteiger partial charge >= 0.3 is 0 Å². The van der Waals surface area contributed by atoms with Gasteiger partial charge in [0, 0.05) is 30.3 Å². The average Bonchev–Trinajstić information content (AvgIpc) is 3.34. The summed E-state index contributed by atoms with van der Waals surface area (Å²) in [5.74, 6) is 2.31. The minimum atomic E-state index is -1.19. The molecule has 274 valence electrons. The Balaban J connectivity index is 0.995. The van der Waals surface area contributed by atoms with Gasteiger partial charge in [-0.1, -0.05) is 48.0 Å². The molecule has 0 amide bonds. The Kier molecular flexibility index (Phi) is 8.41. The molecule has 2 saturated heterocycles. The molecule has 0 radical (unpaired) electrons. The minimum Gasteiger partial charge on any atom is -0.396 e. The van der Waals surface area contributed by atoms with Gasteiger partial charge < -0.3 is 34.6 Å². The lowest BCUT2D eigenvalue weighted by molar-refractivity contribution is -0.386. The fourth-order valence-corrected chi connectivity index (χ4v) is 15.5. The summed E-state index contributed by atoms with van der Waals surface area (Å²) >= 11 is 0. The molecule has 7 heteroatoms. The van der Waals surface area contributed by atoms with E-state index in [0.717, 1.165) is 64.2 Å². The van der Waals surface area contributed by atoms with Crippen LogP contribution < -0.4 is 0 Å². The Morgan fingerprint density at radius 2 is 1.60 bits per heavy atom. The molecular formula is C41H68O7. The van der Waals surface area contributed by atoms with Crippen LogP contribution in [0.3, 0.4) is 0 Å². The van der Waals surface area contributed by atoms with Crippen LogP contribution in [0.5, 0.6) is 0 Å². The van der Waals surface area contributed by atoms with Gasteiger partial charge in [-0.05, 0) is 142 Å². The minimum absolute atomic E-state index is 0.0374. The first-order chi connectivity index (χ1) is 22.7. The van der Waals surface area contributed by atoms with E-state index in [1.807, 2.05) is 6.92 Å². The second-order valence-electron chi connectivity index (χ2n) is 19.7. The van der Waals surface area contributed by atoms with Gasteiger partial charge in [0.1, 0.15) is 0 Å². The molecule has 20 atom stereocenters. The van der Waals surface area contributed by atoms with Gasteiger partial charge in [0.25, 0.3) is 0 Å². The van der Waals surface area contributed by atoms with Crippen LogP contribution in [0.25, 0.3) is 0 Å². The fourth-order valence-electron chi connectivity index (χ4n) is 15.5. The lowest BCUT2D eigenvalue weighted by Gasteiger charge is -2.64. The molecule has 0 bridgehead atoms. The molecule has 6 aliphatic carbocycles. The van der Waals surface area contributed by atoms with Crippen molar-refractivity contribution in [2.45, 2.75) is 168 Å². The highest BCUT2D eigenvalue weighted by atomic mass is 16.8. The van der Waals surface area contributed by atoms with Crippen molar-refractivity contribution < 1.29 is 34.6 Å². The second-order valence-corrected chi connectivity index (χ2v) is 19.7. The number of hydrogen-bond donors (Lipinski definition) is 4. The third-order valence-electron chi connectivity index (χ3n) is 17.9. The maximum absolute atomic E-state index is 12.0. The molecule has 0 aromatic carbocycles. The lowest BCUT2D eigenvalue weighted by atomic mass is 9.43. The maximum atomic E-state index is 12.0. The van der Waals surface area contributed by atoms with E-state index in [9.17, 15) is 20.4 Å². The predicted octanol–water partition coefficient (Wildman–Crippen LogP) is 6.89. The van der Waals surface area contributed by atoms with Crippen LogP contribution in [0.4, 0.5) is 0 Å². The van der Waals surface area contributed by atoms with Crippen molar-refractivity contribution in [3.63, 3.8) is 0 Å². The summed E-state index contributed by atoms with van der Waals surface area (Å²) in [6.07, 6.45) is 11.7. The maximum Gasteiger partial charge on any atom is 0.184 e. The second kappa shape index (κ2) is 11.6. The van der Waals surface area contributed by atoms with Crippen molar-refractivity contribution in [2.24, 2.45) is 81.3 Å². The highest BCUT2D eigenvalue weighted by Crippen LogP contribution is 2.82. The quantitative estimate of drug-likeness (QED) is 0.228. The normalized spacial score (nSPS) is 60.8. The smallest absolute Gasteiger partial charge is 0.184 e. The number of aliphatic hydroxyl groups is 4. The van der Waals surface area contributed by atoms with Gasteiger partial charge in [-0.15, -0.1) is 0 Å². The van der Waals surface area contributed by atoms with E-state index in [0.29, 0.717) is 53.8 Å². The van der Waals surface area contributed by atoms with Gasteiger partial charge in [-0.3, -0.25) is 0 Å². The highest BCUT2D eigenvalue weighted by Gasteiger charge is 2.88. The first-order valence-electron chi connectivity index (χ1n) is 20.4. The van der Waals surface area contributed by atoms with Gasteiger partial charge in [-0.2, -0.15) is 0 Å². The molecule has 48 heavy (non-hydrogen) atoms. The Hall–Kier alpha value is -0.280. The van der Waals surface area contributed by atoms with E-state index in [1.165, 1.54) is 12.8 Å². The molecule has 1 spiro atoms. The van der Waals surface area contributed by atoms with Gasteiger partial charge in [0.15, 0.2) is 17.9 Å². The van der Waals surface area contributed by atoms with Gasteiger partial charge in [-0.25, -0.2) is 0 Å². The zero-order chi connectivity index (χ0) is 34.2. The largest absolute Gasteiger partial charge is 0.396 e. The zero-order valence-corrected chi connectivity index (χ0v) is 31.1. The summed E-state index contributed by atoms with van der Waals surface area (Å²) in [5, 5.41) is 44.8. The predicted molar refractivity (Wildman–Crippen MR) is 183 cm³/mol. The molecular weight excluding hydrogens is 604 g/mol. The van der Waals surface area contributed by atoms with E-state index in [2.05, 4.69) is 41.5 Å². The standard InChI is InChI=1S/C41H68O7/c1-22(9-8-18-42)28-12-13-31-35-32(21-34(44)39(28,31)7)37(5)16-14-27(19-26(37)20-33(35)43)46-36-24(3)30-11-10-23(2)29-15-17-38(6,45)48-41(47-36)25(4)40(29,30)41/h22-36,42-45H,8-21H2,1-7H3/t22-,23-,24-,25-,26+,27-,28-,29?,30+,31?,32+,33-,34+,35+,36?,37+,38+,39-,40+,41+/m1/s1. The van der Waals surface area contributed by atoms with Gasteiger partial charge in [0.2, 0.25) is 0 Å². The van der Waals surface area contributed by atoms with Crippen molar-refractivity contribution >= 4 is 0 Å². The number of hydrogen-bond acceptors (Lipinski definition) is 7. The van der Waals surface area contributed by atoms with Crippen molar-refractivity contribution in [1.29, 1.82) is 0 Å². The van der Waals surface area contributed by atoms with Crippen LogP contribution in [0, 0.1) is 81.3 Å². The average molecular weight is 673 g/mol. The van der Waals surface area contributed by atoms with Crippen LogP contribution >= 0.6 is 0 Å². The van der Waals surface area contributed by atoms with Crippen molar-refractivity contribution in [2.75, 3.05) is 6.61 Å². The molecule has 3 unspecified atom stereocenters. The molecule has 6 saturated carbocycles. The molecule has 2 aliphatic heterocycles. The Morgan fingerprint density at radius 3 is 2.35 bits per heavy atom. The topological polar surface area (TPSA) is 109 Å². The number of ether oxygens (including phenoxy) is 3. The van der Waals surface area contributed by atoms with E-state index in [1.54, 1.807) is 0 Å². The first kappa shape index (κ1) is 34.8. The number of fused-ring (bicyclic) bond motifs is 5. The molecule has 0 aromatic rings. The van der Waals surface area contributed by atoms with Crippen LogP contribution in [-0.2, 0) is 14.2 Å². The summed E-state index contributed by atoms with van der Waals surface area (Å²) in [6.45, 7) is 16.2. The highest BCUT2D eigenvalue weighted by molar-refractivity contribution is 5.28. The van der Waals surface area contributed by atoms with E-state index in [4.69, 9.17) is 14.2 Å². The first-order valence-corrected chi connectivity index (χ1v) is 20.4. The summed E-state index contributed by atoms with van der Waals surface area (Å²) in [5.41, 5.74) is -0.116. The summed E-state index contributed by atoms with van der Waals surface area (Å²) in [7, 11) is 0. The van der Waals surface area contributed by atoms with Crippen LogP contribution in [-0.4, -0.2) is 63.2 Å². The third kappa shape index (κ3) is 4.55. The summed E-state index contributed by atoms with van der Waals surface area (Å²) < 4.78 is 20.8. The van der Waals surface area contributed by atoms with Crippen molar-refractivity contribution in [1.82, 2.24) is 0 Å². The van der Waals surface area contributed by atoms with Gasteiger partial charge in [0.05, 0.1) is 18.3 Å². The molecule has 2 heterocycles. The molecule has 8 rings (SSSR count). The third-order valence-corrected chi connectivity index (χ3v) is 17.9. The zero-order valence-electron chi connectivity index (χ0n) is 31.1. The Morgan fingerprint density at radius 1 is 0.854 bits per heavy atom. The number of rotatable bonds is 6. The van der Waals surface area contributed by atoms with Crippen LogP contribution in [0.2, 0.25) is 0 Å².